The molecule has 3 aromatic rings. The number of rotatable bonds is 8. The number of nitrogens with zero attached hydrogens (tertiary/aromatic N) is 3. The Hall–Kier alpha value is -2.39. The zero-order valence-electron chi connectivity index (χ0n) is 17.9. The second kappa shape index (κ2) is 10.5. The summed E-state index contributed by atoms with van der Waals surface area (Å²) in [5.41, 5.74) is 3.65. The molecule has 0 radical (unpaired) electrons. The van der Waals surface area contributed by atoms with Gasteiger partial charge < -0.3 is 4.74 Å². The molecule has 5 nitrogen and oxygen atoms in total. The third-order valence-electron chi connectivity index (χ3n) is 4.88. The second-order valence-corrected chi connectivity index (χ2v) is 10.0. The fourth-order valence-electron chi connectivity index (χ4n) is 3.32. The standard InChI is InChI=1S/C24H23N3O2S3/c1-3-31-20-11-9-17(10-12-20)22-18(16-27(25-22)19-7-5-4-6-8-19)15-21-23(28)26(13-14-29-2)24(30)32-21/h4-12,15-16H,3,13-14H2,1-2H3/b21-15-. The minimum absolute atomic E-state index is 0.0924. The molecule has 0 aliphatic carbocycles. The maximum atomic E-state index is 12.9. The number of carbonyl (C=O) groups excluding carboxylic acids is 1. The lowest BCUT2D eigenvalue weighted by Crippen LogP contribution is -2.31. The minimum atomic E-state index is -0.0924. The molecule has 0 bridgehead atoms. The van der Waals surface area contributed by atoms with Crippen molar-refractivity contribution in [2.75, 3.05) is 26.0 Å². The molecule has 2 aromatic carbocycles. The normalized spacial score (nSPS) is 15.2. The molecular formula is C24H23N3O2S3. The molecule has 4 rings (SSSR count). The molecule has 0 spiro atoms. The van der Waals surface area contributed by atoms with E-state index in [0.717, 1.165) is 28.3 Å². The summed E-state index contributed by atoms with van der Waals surface area (Å²) >= 11 is 8.54. The highest BCUT2D eigenvalue weighted by Gasteiger charge is 2.32. The van der Waals surface area contributed by atoms with Gasteiger partial charge in [0.2, 0.25) is 0 Å². The summed E-state index contributed by atoms with van der Waals surface area (Å²) in [6, 6.07) is 18.3. The van der Waals surface area contributed by atoms with Crippen molar-refractivity contribution in [3.05, 3.63) is 71.3 Å². The van der Waals surface area contributed by atoms with E-state index in [9.17, 15) is 4.79 Å². The van der Waals surface area contributed by atoms with E-state index < -0.39 is 0 Å². The van der Waals surface area contributed by atoms with E-state index in [1.807, 2.05) is 47.3 Å². The number of aromatic nitrogens is 2. The summed E-state index contributed by atoms with van der Waals surface area (Å²) in [6.45, 7) is 3.03. The van der Waals surface area contributed by atoms with Crippen LogP contribution in [-0.4, -0.2) is 50.9 Å². The van der Waals surface area contributed by atoms with E-state index in [2.05, 4.69) is 31.2 Å². The van der Waals surface area contributed by atoms with Gasteiger partial charge in [-0.25, -0.2) is 4.68 Å². The van der Waals surface area contributed by atoms with Crippen LogP contribution in [-0.2, 0) is 9.53 Å². The van der Waals surface area contributed by atoms with Gasteiger partial charge in [0, 0.05) is 29.3 Å². The van der Waals surface area contributed by atoms with Crippen LogP contribution in [0.3, 0.4) is 0 Å². The SMILES string of the molecule is CCSc1ccc(-c2nn(-c3ccccc3)cc2/C=C2\SC(=S)N(CCOC)C2=O)cc1. The van der Waals surface area contributed by atoms with Crippen molar-refractivity contribution in [3.8, 4) is 16.9 Å². The van der Waals surface area contributed by atoms with Crippen LogP contribution in [0.1, 0.15) is 12.5 Å². The first-order valence-corrected chi connectivity index (χ1v) is 12.4. The summed E-state index contributed by atoms with van der Waals surface area (Å²) in [7, 11) is 1.61. The first kappa shape index (κ1) is 22.8. The van der Waals surface area contributed by atoms with E-state index in [4.69, 9.17) is 22.1 Å². The van der Waals surface area contributed by atoms with Crippen LogP contribution in [0.2, 0.25) is 0 Å². The highest BCUT2D eigenvalue weighted by atomic mass is 32.2. The molecule has 0 atom stereocenters. The fourth-order valence-corrected chi connectivity index (χ4v) is 5.28. The molecule has 8 heteroatoms. The Morgan fingerprint density at radius 3 is 2.59 bits per heavy atom. The highest BCUT2D eigenvalue weighted by Crippen LogP contribution is 2.35. The quantitative estimate of drug-likeness (QED) is 0.241. The van der Waals surface area contributed by atoms with Gasteiger partial charge in [-0.15, -0.1) is 11.8 Å². The van der Waals surface area contributed by atoms with Gasteiger partial charge in [0.25, 0.3) is 5.91 Å². The van der Waals surface area contributed by atoms with Crippen molar-refractivity contribution in [2.24, 2.45) is 0 Å². The van der Waals surface area contributed by atoms with Crippen molar-refractivity contribution in [1.29, 1.82) is 0 Å². The van der Waals surface area contributed by atoms with Crippen LogP contribution in [0.15, 0.2) is 70.6 Å². The van der Waals surface area contributed by atoms with Crippen LogP contribution in [0, 0.1) is 0 Å². The average Bonchev–Trinajstić information content (AvgIpc) is 3.35. The molecule has 0 N–H and O–H groups in total. The number of amides is 1. The van der Waals surface area contributed by atoms with E-state index in [-0.39, 0.29) is 5.91 Å². The van der Waals surface area contributed by atoms with Gasteiger partial charge in [-0.2, -0.15) is 5.10 Å². The lowest BCUT2D eigenvalue weighted by Gasteiger charge is -2.12. The van der Waals surface area contributed by atoms with Crippen LogP contribution in [0.25, 0.3) is 23.0 Å². The maximum absolute atomic E-state index is 12.9. The third-order valence-corrected chi connectivity index (χ3v) is 7.15. The number of thiocarbonyl (C=S) groups is 1. The number of carbonyl (C=O) groups is 1. The Kier molecular flexibility index (Phi) is 7.47. The Morgan fingerprint density at radius 1 is 1.16 bits per heavy atom. The molecule has 32 heavy (non-hydrogen) atoms. The van der Waals surface area contributed by atoms with Crippen molar-refractivity contribution >= 4 is 52.0 Å². The first-order valence-electron chi connectivity index (χ1n) is 10.2. The third kappa shape index (κ3) is 4.99. The van der Waals surface area contributed by atoms with Crippen LogP contribution in [0.5, 0.6) is 0 Å². The number of hydrogen-bond acceptors (Lipinski definition) is 6. The van der Waals surface area contributed by atoms with E-state index >= 15 is 0 Å². The van der Waals surface area contributed by atoms with Crippen LogP contribution >= 0.6 is 35.7 Å². The minimum Gasteiger partial charge on any atom is -0.383 e. The summed E-state index contributed by atoms with van der Waals surface area (Å²) in [5, 5.41) is 4.86. The monoisotopic (exact) mass is 481 g/mol. The number of benzene rings is 2. The molecule has 1 aliphatic heterocycles. The highest BCUT2D eigenvalue weighted by molar-refractivity contribution is 8.26. The van der Waals surface area contributed by atoms with Crippen LogP contribution in [0.4, 0.5) is 0 Å². The lowest BCUT2D eigenvalue weighted by molar-refractivity contribution is -0.122. The molecule has 1 aromatic heterocycles. The summed E-state index contributed by atoms with van der Waals surface area (Å²) < 4.78 is 7.51. The Bertz CT molecular complexity index is 1140. The van der Waals surface area contributed by atoms with Gasteiger partial charge in [0.05, 0.1) is 29.4 Å². The van der Waals surface area contributed by atoms with Gasteiger partial charge in [0.15, 0.2) is 0 Å². The molecule has 2 heterocycles. The predicted molar refractivity (Wildman–Crippen MR) is 137 cm³/mol. The molecule has 0 unspecified atom stereocenters. The summed E-state index contributed by atoms with van der Waals surface area (Å²) in [6.07, 6.45) is 3.85. The number of para-hydroxylation sites is 1. The summed E-state index contributed by atoms with van der Waals surface area (Å²) in [4.78, 5) is 16.3. The molecule has 0 saturated carbocycles. The van der Waals surface area contributed by atoms with E-state index in [1.165, 1.54) is 16.7 Å². The largest absolute Gasteiger partial charge is 0.383 e. The number of methoxy groups -OCH3 is 1. The van der Waals surface area contributed by atoms with Crippen LogP contribution < -0.4 is 0 Å². The fraction of sp³-hybridized carbons (Fsp3) is 0.208. The number of hydrogen-bond donors (Lipinski definition) is 0. The zero-order chi connectivity index (χ0) is 22.5. The van der Waals surface area contributed by atoms with Crippen molar-refractivity contribution in [1.82, 2.24) is 14.7 Å². The van der Waals surface area contributed by atoms with Crippen molar-refractivity contribution in [3.63, 3.8) is 0 Å². The van der Waals surface area contributed by atoms with Crippen molar-refractivity contribution in [2.45, 2.75) is 11.8 Å². The molecule has 1 saturated heterocycles. The number of ether oxygens (including phenoxy) is 1. The Morgan fingerprint density at radius 2 is 1.91 bits per heavy atom. The van der Waals surface area contributed by atoms with Gasteiger partial charge in [0.1, 0.15) is 4.32 Å². The average molecular weight is 482 g/mol. The second-order valence-electron chi connectivity index (χ2n) is 7.00. The molecular weight excluding hydrogens is 458 g/mol. The van der Waals surface area contributed by atoms with E-state index in [1.54, 1.807) is 23.8 Å². The molecule has 164 valence electrons. The molecule has 1 fully saturated rings. The molecule has 1 amide bonds. The van der Waals surface area contributed by atoms with Gasteiger partial charge in [-0.3, -0.25) is 9.69 Å². The maximum Gasteiger partial charge on any atom is 0.266 e. The smallest absolute Gasteiger partial charge is 0.266 e. The predicted octanol–water partition coefficient (Wildman–Crippen LogP) is 5.50. The van der Waals surface area contributed by atoms with Gasteiger partial charge >= 0.3 is 0 Å². The topological polar surface area (TPSA) is 47.4 Å². The van der Waals surface area contributed by atoms with Gasteiger partial charge in [-0.1, -0.05) is 61.2 Å². The zero-order valence-corrected chi connectivity index (χ0v) is 20.3. The first-order chi connectivity index (χ1) is 15.6. The molecule has 1 aliphatic rings. The van der Waals surface area contributed by atoms with Crippen molar-refractivity contribution < 1.29 is 9.53 Å². The summed E-state index contributed by atoms with van der Waals surface area (Å²) in [5.74, 6) is 0.933. The Labute approximate surface area is 201 Å². The van der Waals surface area contributed by atoms with E-state index in [0.29, 0.717) is 22.4 Å². The lowest BCUT2D eigenvalue weighted by atomic mass is 10.1. The number of thioether (sulfide) groups is 2. The van der Waals surface area contributed by atoms with Gasteiger partial charge in [-0.05, 0) is 36.1 Å². The Balaban J connectivity index is 1.73.